The summed E-state index contributed by atoms with van der Waals surface area (Å²) in [5, 5.41) is 3.35. The van der Waals surface area contributed by atoms with Crippen molar-refractivity contribution in [2.75, 3.05) is 26.7 Å². The molecule has 1 amide bonds. The van der Waals surface area contributed by atoms with Crippen molar-refractivity contribution in [1.29, 1.82) is 0 Å². The number of fused-ring (bicyclic) bond motifs is 1. The van der Waals surface area contributed by atoms with E-state index in [1.807, 2.05) is 48.6 Å². The smallest absolute Gasteiger partial charge is 0.325 e. The predicted octanol–water partition coefficient (Wildman–Crippen LogP) is 4.67. The standard InChI is InChI=1S/C31H39N3O5/c1-5-6-8-23-17-25-18-24(31(37)34(21(2)3)20-28(35)38-4)14-16-33(25)29(23)30(36)22-10-12-26(13-11-22)39-27-9-7-15-32-19-27/h10-14,16-18,21,27,32H,5-9,15,19-20H2,1-4H3. The molecule has 1 aliphatic rings. The zero-order valence-corrected chi connectivity index (χ0v) is 23.4. The average molecular weight is 534 g/mol. The van der Waals surface area contributed by atoms with Crippen LogP contribution in [0.2, 0.25) is 0 Å². The van der Waals surface area contributed by atoms with Gasteiger partial charge in [0.15, 0.2) is 0 Å². The lowest BCUT2D eigenvalue weighted by molar-refractivity contribution is -0.141. The molecule has 0 aliphatic carbocycles. The number of carbonyl (C=O) groups excluding carboxylic acids is 3. The molecule has 0 spiro atoms. The number of benzene rings is 1. The number of hydrogen-bond acceptors (Lipinski definition) is 6. The van der Waals surface area contributed by atoms with E-state index in [1.165, 1.54) is 12.0 Å². The van der Waals surface area contributed by atoms with E-state index < -0.39 is 5.97 Å². The molecular formula is C31H39N3O5. The van der Waals surface area contributed by atoms with Crippen molar-refractivity contribution in [2.45, 2.75) is 65.0 Å². The zero-order valence-electron chi connectivity index (χ0n) is 23.4. The van der Waals surface area contributed by atoms with Gasteiger partial charge in [-0.25, -0.2) is 0 Å². The minimum absolute atomic E-state index is 0.0689. The quantitative estimate of drug-likeness (QED) is 0.285. The van der Waals surface area contributed by atoms with Gasteiger partial charge in [0, 0.05) is 35.4 Å². The fourth-order valence-corrected chi connectivity index (χ4v) is 4.97. The summed E-state index contributed by atoms with van der Waals surface area (Å²) in [4.78, 5) is 40.4. The van der Waals surface area contributed by atoms with Crippen LogP contribution in [0.1, 0.15) is 78.4 Å². The Morgan fingerprint density at radius 1 is 1.10 bits per heavy atom. The predicted molar refractivity (Wildman–Crippen MR) is 151 cm³/mol. The summed E-state index contributed by atoms with van der Waals surface area (Å²) < 4.78 is 12.7. The molecule has 1 aliphatic heterocycles. The SMILES string of the molecule is CCCCc1cc2cc(C(=O)N(CC(=O)OC)C(C)C)ccn2c1C(=O)c1ccc(OC2CCCNC2)cc1. The first-order valence-corrected chi connectivity index (χ1v) is 13.9. The number of methoxy groups -OCH3 is 1. The Labute approximate surface area is 230 Å². The van der Waals surface area contributed by atoms with E-state index in [2.05, 4.69) is 12.2 Å². The van der Waals surface area contributed by atoms with E-state index in [4.69, 9.17) is 9.47 Å². The second kappa shape index (κ2) is 12.9. The van der Waals surface area contributed by atoms with Gasteiger partial charge in [0.1, 0.15) is 18.4 Å². The van der Waals surface area contributed by atoms with Crippen molar-refractivity contribution in [3.8, 4) is 5.75 Å². The van der Waals surface area contributed by atoms with Crippen LogP contribution in [-0.4, -0.2) is 65.9 Å². The molecule has 1 N–H and O–H groups in total. The molecule has 8 heteroatoms. The minimum Gasteiger partial charge on any atom is -0.489 e. The van der Waals surface area contributed by atoms with Crippen LogP contribution in [0.3, 0.4) is 0 Å². The molecule has 4 rings (SSSR count). The van der Waals surface area contributed by atoms with Crippen LogP contribution in [0, 0.1) is 0 Å². The number of hydrogen-bond donors (Lipinski definition) is 1. The summed E-state index contributed by atoms with van der Waals surface area (Å²) in [6, 6.07) is 12.7. The number of piperidine rings is 1. The van der Waals surface area contributed by atoms with Crippen molar-refractivity contribution in [3.05, 3.63) is 71.0 Å². The third kappa shape index (κ3) is 6.68. The average Bonchev–Trinajstić information content (AvgIpc) is 3.32. The molecule has 3 heterocycles. The van der Waals surface area contributed by atoms with Crippen LogP contribution < -0.4 is 10.1 Å². The normalized spacial score (nSPS) is 15.4. The largest absolute Gasteiger partial charge is 0.489 e. The van der Waals surface area contributed by atoms with E-state index in [-0.39, 0.29) is 30.4 Å². The second-order valence-electron chi connectivity index (χ2n) is 10.4. The third-order valence-corrected chi connectivity index (χ3v) is 7.20. The Morgan fingerprint density at radius 3 is 2.51 bits per heavy atom. The number of carbonyl (C=O) groups is 3. The molecule has 208 valence electrons. The van der Waals surface area contributed by atoms with Gasteiger partial charge in [-0.1, -0.05) is 13.3 Å². The van der Waals surface area contributed by atoms with Gasteiger partial charge in [0.25, 0.3) is 5.91 Å². The number of aryl methyl sites for hydroxylation is 1. The Morgan fingerprint density at radius 2 is 1.87 bits per heavy atom. The number of unbranched alkanes of at least 4 members (excludes halogenated alkanes) is 1. The summed E-state index contributed by atoms with van der Waals surface area (Å²) in [5.41, 5.74) is 3.37. The number of nitrogens with one attached hydrogen (secondary N) is 1. The Balaban J connectivity index is 1.62. The number of ketones is 1. The molecule has 1 fully saturated rings. The van der Waals surface area contributed by atoms with Gasteiger partial charge in [0.05, 0.1) is 12.8 Å². The molecule has 1 saturated heterocycles. The lowest BCUT2D eigenvalue weighted by Crippen LogP contribution is -2.41. The molecule has 1 atom stereocenters. The van der Waals surface area contributed by atoms with Crippen molar-refractivity contribution in [1.82, 2.24) is 14.6 Å². The number of amides is 1. The summed E-state index contributed by atoms with van der Waals surface area (Å²) in [6.45, 7) is 7.58. The van der Waals surface area contributed by atoms with Crippen LogP contribution in [-0.2, 0) is 16.0 Å². The fourth-order valence-electron chi connectivity index (χ4n) is 4.97. The van der Waals surface area contributed by atoms with Crippen molar-refractivity contribution in [2.24, 2.45) is 0 Å². The third-order valence-electron chi connectivity index (χ3n) is 7.20. The molecule has 0 saturated carbocycles. The lowest BCUT2D eigenvalue weighted by atomic mass is 10.0. The molecule has 3 aromatic rings. The first-order chi connectivity index (χ1) is 18.8. The van der Waals surface area contributed by atoms with E-state index in [9.17, 15) is 14.4 Å². The summed E-state index contributed by atoms with van der Waals surface area (Å²) in [5.74, 6) is -0.0370. The van der Waals surface area contributed by atoms with E-state index in [0.717, 1.165) is 62.0 Å². The van der Waals surface area contributed by atoms with E-state index >= 15 is 0 Å². The minimum atomic E-state index is -0.470. The first-order valence-electron chi connectivity index (χ1n) is 13.9. The lowest BCUT2D eigenvalue weighted by Gasteiger charge is -2.25. The molecular weight excluding hydrogens is 494 g/mol. The molecule has 0 radical (unpaired) electrons. The summed E-state index contributed by atoms with van der Waals surface area (Å²) in [7, 11) is 1.31. The van der Waals surface area contributed by atoms with Crippen LogP contribution in [0.5, 0.6) is 5.75 Å². The van der Waals surface area contributed by atoms with Gasteiger partial charge < -0.3 is 24.1 Å². The van der Waals surface area contributed by atoms with Gasteiger partial charge in [-0.3, -0.25) is 14.4 Å². The maximum atomic E-state index is 13.8. The molecule has 39 heavy (non-hydrogen) atoms. The highest BCUT2D eigenvalue weighted by Gasteiger charge is 2.24. The summed E-state index contributed by atoms with van der Waals surface area (Å²) in [6.07, 6.45) is 6.75. The van der Waals surface area contributed by atoms with Gasteiger partial charge in [-0.05, 0) is 94.1 Å². The highest BCUT2D eigenvalue weighted by Crippen LogP contribution is 2.25. The van der Waals surface area contributed by atoms with Crippen molar-refractivity contribution in [3.63, 3.8) is 0 Å². The molecule has 1 aromatic carbocycles. The van der Waals surface area contributed by atoms with Gasteiger partial charge >= 0.3 is 5.97 Å². The Hall–Kier alpha value is -3.65. The number of rotatable bonds is 11. The molecule has 8 nitrogen and oxygen atoms in total. The first kappa shape index (κ1) is 28.4. The molecule has 2 aromatic heterocycles. The van der Waals surface area contributed by atoms with Crippen molar-refractivity contribution < 1.29 is 23.9 Å². The fraction of sp³-hybridized carbons (Fsp3) is 0.452. The highest BCUT2D eigenvalue weighted by atomic mass is 16.5. The van der Waals surface area contributed by atoms with Gasteiger partial charge in [-0.15, -0.1) is 0 Å². The second-order valence-corrected chi connectivity index (χ2v) is 10.4. The number of pyridine rings is 1. The maximum Gasteiger partial charge on any atom is 0.325 e. The monoisotopic (exact) mass is 533 g/mol. The number of ether oxygens (including phenoxy) is 2. The van der Waals surface area contributed by atoms with E-state index in [1.54, 1.807) is 18.3 Å². The van der Waals surface area contributed by atoms with Gasteiger partial charge in [0.2, 0.25) is 5.78 Å². The topological polar surface area (TPSA) is 89.4 Å². The van der Waals surface area contributed by atoms with E-state index in [0.29, 0.717) is 16.8 Å². The number of aromatic nitrogens is 1. The zero-order chi connectivity index (χ0) is 27.9. The number of esters is 1. The van der Waals surface area contributed by atoms with Crippen LogP contribution in [0.15, 0.2) is 48.7 Å². The van der Waals surface area contributed by atoms with Crippen LogP contribution in [0.4, 0.5) is 0 Å². The molecule has 0 bridgehead atoms. The summed E-state index contributed by atoms with van der Waals surface area (Å²) >= 11 is 0. The van der Waals surface area contributed by atoms with Crippen LogP contribution in [0.25, 0.3) is 5.52 Å². The number of nitrogens with zero attached hydrogens (tertiary/aromatic N) is 2. The van der Waals surface area contributed by atoms with Crippen LogP contribution >= 0.6 is 0 Å². The molecule has 1 unspecified atom stereocenters. The highest BCUT2D eigenvalue weighted by molar-refractivity contribution is 6.10. The van der Waals surface area contributed by atoms with Gasteiger partial charge in [-0.2, -0.15) is 0 Å². The Kier molecular flexibility index (Phi) is 9.41. The van der Waals surface area contributed by atoms with Crippen molar-refractivity contribution >= 4 is 23.2 Å². The Bertz CT molecular complexity index is 1310. The maximum absolute atomic E-state index is 13.8.